The SMILES string of the molecule is O=C(CN1CCC(C(=O)N2CCCCCC2)CC1)Nc1cc2c(cc1Br)OCCO2. The number of hydrogen-bond acceptors (Lipinski definition) is 5. The van der Waals surface area contributed by atoms with Gasteiger partial charge in [0.15, 0.2) is 11.5 Å². The van der Waals surface area contributed by atoms with Gasteiger partial charge in [0, 0.05) is 35.6 Å². The van der Waals surface area contributed by atoms with Gasteiger partial charge in [0.05, 0.1) is 12.2 Å². The van der Waals surface area contributed by atoms with Crippen molar-refractivity contribution in [2.24, 2.45) is 5.92 Å². The van der Waals surface area contributed by atoms with Crippen molar-refractivity contribution in [1.82, 2.24) is 9.80 Å². The number of carbonyl (C=O) groups excluding carboxylic acids is 2. The van der Waals surface area contributed by atoms with Crippen LogP contribution in [0.15, 0.2) is 16.6 Å². The minimum atomic E-state index is -0.0651. The monoisotopic (exact) mass is 479 g/mol. The number of amides is 2. The minimum Gasteiger partial charge on any atom is -0.486 e. The molecule has 8 heteroatoms. The summed E-state index contributed by atoms with van der Waals surface area (Å²) in [6, 6.07) is 3.62. The van der Waals surface area contributed by atoms with E-state index in [1.807, 2.05) is 6.07 Å². The standard InChI is InChI=1S/C22H30BrN3O4/c23-17-13-19-20(30-12-11-29-19)14-18(17)24-21(27)15-25-9-5-16(6-10-25)22(28)26-7-3-1-2-4-8-26/h13-14,16H,1-12,15H2,(H,24,27). The average Bonchev–Trinajstić information content (AvgIpc) is 3.04. The summed E-state index contributed by atoms with van der Waals surface area (Å²) in [5, 5.41) is 2.96. The van der Waals surface area contributed by atoms with Crippen LogP contribution < -0.4 is 14.8 Å². The molecule has 0 aliphatic carbocycles. The second-order valence-electron chi connectivity index (χ2n) is 8.31. The van der Waals surface area contributed by atoms with Gasteiger partial charge in [0.2, 0.25) is 11.8 Å². The lowest BCUT2D eigenvalue weighted by Crippen LogP contribution is -2.44. The quantitative estimate of drug-likeness (QED) is 0.717. The first-order chi connectivity index (χ1) is 14.6. The second-order valence-corrected chi connectivity index (χ2v) is 9.17. The molecule has 30 heavy (non-hydrogen) atoms. The maximum Gasteiger partial charge on any atom is 0.238 e. The molecule has 0 unspecified atom stereocenters. The van der Waals surface area contributed by atoms with Crippen LogP contribution in [0.2, 0.25) is 0 Å². The number of benzene rings is 1. The summed E-state index contributed by atoms with van der Waals surface area (Å²) in [5.41, 5.74) is 0.676. The number of hydrogen-bond donors (Lipinski definition) is 1. The molecule has 0 aromatic heterocycles. The maximum atomic E-state index is 12.8. The molecule has 0 atom stereocenters. The van der Waals surface area contributed by atoms with Crippen molar-refractivity contribution in [3.05, 3.63) is 16.6 Å². The van der Waals surface area contributed by atoms with Gasteiger partial charge in [-0.2, -0.15) is 0 Å². The summed E-state index contributed by atoms with van der Waals surface area (Å²) in [6.45, 7) is 4.73. The largest absolute Gasteiger partial charge is 0.486 e. The number of halogens is 1. The third-order valence-corrected chi connectivity index (χ3v) is 6.78. The number of rotatable bonds is 4. The van der Waals surface area contributed by atoms with E-state index in [1.165, 1.54) is 12.8 Å². The highest BCUT2D eigenvalue weighted by molar-refractivity contribution is 9.10. The molecule has 1 aromatic rings. The summed E-state index contributed by atoms with van der Waals surface area (Å²) < 4.78 is 11.9. The zero-order valence-electron chi connectivity index (χ0n) is 17.3. The fraction of sp³-hybridized carbons (Fsp3) is 0.636. The molecular weight excluding hydrogens is 450 g/mol. The van der Waals surface area contributed by atoms with Crippen LogP contribution in [-0.2, 0) is 9.59 Å². The van der Waals surface area contributed by atoms with Crippen LogP contribution in [0.1, 0.15) is 38.5 Å². The van der Waals surface area contributed by atoms with Gasteiger partial charge in [0.25, 0.3) is 0 Å². The normalized spacial score (nSPS) is 20.5. The van der Waals surface area contributed by atoms with Gasteiger partial charge in [-0.25, -0.2) is 0 Å². The number of ether oxygens (including phenoxy) is 2. The zero-order chi connectivity index (χ0) is 20.9. The third-order valence-electron chi connectivity index (χ3n) is 6.13. The van der Waals surface area contributed by atoms with Crippen molar-refractivity contribution in [3.63, 3.8) is 0 Å². The van der Waals surface area contributed by atoms with Crippen LogP contribution in [0.25, 0.3) is 0 Å². The summed E-state index contributed by atoms with van der Waals surface area (Å²) in [4.78, 5) is 29.6. The molecule has 2 amide bonds. The Morgan fingerprint density at radius 3 is 2.27 bits per heavy atom. The van der Waals surface area contributed by atoms with Crippen molar-refractivity contribution in [2.75, 3.05) is 51.3 Å². The van der Waals surface area contributed by atoms with Crippen molar-refractivity contribution in [1.29, 1.82) is 0 Å². The summed E-state index contributed by atoms with van der Waals surface area (Å²) in [7, 11) is 0. The number of nitrogens with one attached hydrogen (secondary N) is 1. The van der Waals surface area contributed by atoms with Crippen LogP contribution in [0.5, 0.6) is 11.5 Å². The Kier molecular flexibility index (Phi) is 7.15. The van der Waals surface area contributed by atoms with Crippen LogP contribution in [-0.4, -0.2) is 67.6 Å². The lowest BCUT2D eigenvalue weighted by molar-refractivity contribution is -0.137. The average molecular weight is 480 g/mol. The molecule has 164 valence electrons. The van der Waals surface area contributed by atoms with Gasteiger partial charge in [-0.15, -0.1) is 0 Å². The number of nitrogens with zero attached hydrogens (tertiary/aromatic N) is 2. The minimum absolute atomic E-state index is 0.0651. The lowest BCUT2D eigenvalue weighted by atomic mass is 9.95. The Morgan fingerprint density at radius 1 is 0.967 bits per heavy atom. The number of carbonyl (C=O) groups is 2. The Hall–Kier alpha value is -1.80. The molecule has 7 nitrogen and oxygen atoms in total. The van der Waals surface area contributed by atoms with Crippen molar-refractivity contribution < 1.29 is 19.1 Å². The Labute approximate surface area is 186 Å². The molecule has 1 N–H and O–H groups in total. The molecule has 1 aromatic carbocycles. The molecule has 0 bridgehead atoms. The van der Waals surface area contributed by atoms with Gasteiger partial charge >= 0.3 is 0 Å². The van der Waals surface area contributed by atoms with Crippen LogP contribution in [0.4, 0.5) is 5.69 Å². The van der Waals surface area contributed by atoms with Gasteiger partial charge in [-0.1, -0.05) is 12.8 Å². The predicted molar refractivity (Wildman–Crippen MR) is 118 cm³/mol. The van der Waals surface area contributed by atoms with E-state index in [0.717, 1.165) is 56.3 Å². The first-order valence-corrected chi connectivity index (χ1v) is 11.8. The van der Waals surface area contributed by atoms with E-state index in [0.29, 0.717) is 42.9 Å². The van der Waals surface area contributed by atoms with E-state index >= 15 is 0 Å². The summed E-state index contributed by atoms with van der Waals surface area (Å²) in [5.74, 6) is 1.69. The summed E-state index contributed by atoms with van der Waals surface area (Å²) >= 11 is 3.49. The fourth-order valence-corrected chi connectivity index (χ4v) is 4.86. The lowest BCUT2D eigenvalue weighted by Gasteiger charge is -2.33. The first kappa shape index (κ1) is 21.4. The van der Waals surface area contributed by atoms with Crippen LogP contribution in [0.3, 0.4) is 0 Å². The Morgan fingerprint density at radius 2 is 1.60 bits per heavy atom. The third kappa shape index (κ3) is 5.27. The van der Waals surface area contributed by atoms with Gasteiger partial charge in [-0.3, -0.25) is 14.5 Å². The van der Waals surface area contributed by atoms with E-state index in [2.05, 4.69) is 31.0 Å². The number of piperidine rings is 1. The molecule has 4 rings (SSSR count). The molecular formula is C22H30BrN3O4. The van der Waals surface area contributed by atoms with E-state index in [1.54, 1.807) is 6.07 Å². The molecule has 2 fully saturated rings. The predicted octanol–water partition coefficient (Wildman–Crippen LogP) is 3.27. The maximum absolute atomic E-state index is 12.8. The highest BCUT2D eigenvalue weighted by Gasteiger charge is 2.29. The van der Waals surface area contributed by atoms with Crippen molar-refractivity contribution in [2.45, 2.75) is 38.5 Å². The number of fused-ring (bicyclic) bond motifs is 1. The van der Waals surface area contributed by atoms with Gasteiger partial charge in [0.1, 0.15) is 13.2 Å². The molecule has 3 aliphatic heterocycles. The first-order valence-electron chi connectivity index (χ1n) is 11.0. The smallest absolute Gasteiger partial charge is 0.238 e. The molecule has 3 heterocycles. The van der Waals surface area contributed by atoms with Crippen LogP contribution >= 0.6 is 15.9 Å². The zero-order valence-corrected chi connectivity index (χ0v) is 18.9. The highest BCUT2D eigenvalue weighted by atomic mass is 79.9. The molecule has 0 saturated carbocycles. The summed E-state index contributed by atoms with van der Waals surface area (Å²) in [6.07, 6.45) is 6.38. The van der Waals surface area contributed by atoms with Crippen molar-refractivity contribution >= 4 is 33.4 Å². The van der Waals surface area contributed by atoms with E-state index in [4.69, 9.17) is 9.47 Å². The van der Waals surface area contributed by atoms with E-state index < -0.39 is 0 Å². The fourth-order valence-electron chi connectivity index (χ4n) is 4.44. The second kappa shape index (κ2) is 10.0. The topological polar surface area (TPSA) is 71.1 Å². The Bertz CT molecular complexity index is 772. The molecule has 2 saturated heterocycles. The van der Waals surface area contributed by atoms with E-state index in [-0.39, 0.29) is 11.8 Å². The number of likely N-dealkylation sites (tertiary alicyclic amines) is 2. The van der Waals surface area contributed by atoms with Gasteiger partial charge in [-0.05, 0) is 54.7 Å². The van der Waals surface area contributed by atoms with Crippen molar-refractivity contribution in [3.8, 4) is 11.5 Å². The molecule has 0 radical (unpaired) electrons. The van der Waals surface area contributed by atoms with E-state index in [9.17, 15) is 9.59 Å². The number of anilines is 1. The molecule has 0 spiro atoms. The van der Waals surface area contributed by atoms with Gasteiger partial charge < -0.3 is 19.7 Å². The highest BCUT2D eigenvalue weighted by Crippen LogP contribution is 2.38. The Balaban J connectivity index is 1.26. The van der Waals surface area contributed by atoms with Crippen LogP contribution in [0, 0.1) is 5.92 Å². The molecule has 3 aliphatic rings.